The fourth-order valence-corrected chi connectivity index (χ4v) is 5.22. The smallest absolute Gasteiger partial charge is 0.319 e. The monoisotopic (exact) mass is 578 g/mol. The van der Waals surface area contributed by atoms with Gasteiger partial charge in [0, 0.05) is 12.0 Å². The molecule has 0 radical (unpaired) electrons. The summed E-state index contributed by atoms with van der Waals surface area (Å²) in [5.74, 6) is -0.578. The van der Waals surface area contributed by atoms with E-state index in [1.165, 1.54) is 63.9 Å². The highest BCUT2D eigenvalue weighted by Gasteiger charge is 2.35. The first-order valence-corrected chi connectivity index (χ1v) is 13.1. The van der Waals surface area contributed by atoms with Crippen molar-refractivity contribution < 1.29 is 23.9 Å². The Bertz CT molecular complexity index is 938. The molecule has 2 aliphatic rings. The van der Waals surface area contributed by atoms with Crippen molar-refractivity contribution >= 4 is 30.6 Å². The van der Waals surface area contributed by atoms with E-state index in [0.717, 1.165) is 25.7 Å². The molecule has 0 atom stereocenters. The fraction of sp³-hybridized carbons (Fsp3) is 0.531. The molecule has 0 heterocycles. The van der Waals surface area contributed by atoms with Crippen LogP contribution in [-0.2, 0) is 34.7 Å². The molecular weight excluding hydrogens is 528 g/mol. The molecule has 7 nitrogen and oxygen atoms in total. The van der Waals surface area contributed by atoms with Gasteiger partial charge in [-0.05, 0) is 36.8 Å². The van der Waals surface area contributed by atoms with Crippen molar-refractivity contribution in [1.82, 2.24) is 5.32 Å². The molecular formula is C32H51ClN2O5. The number of hydrogen-bond donors (Lipinski definition) is 2. The number of carbonyl (C=O) groups is 3. The van der Waals surface area contributed by atoms with E-state index in [2.05, 4.69) is 51.2 Å². The minimum atomic E-state index is -0.380. The molecule has 0 aromatic heterocycles. The van der Waals surface area contributed by atoms with Crippen LogP contribution >= 0.6 is 12.4 Å². The Labute approximate surface area is 248 Å². The maximum atomic E-state index is 11.1. The number of methoxy groups -OCH3 is 2. The maximum absolute atomic E-state index is 11.1. The van der Waals surface area contributed by atoms with Gasteiger partial charge in [0.1, 0.15) is 6.29 Å². The summed E-state index contributed by atoms with van der Waals surface area (Å²) in [5, 5.41) is 3.24. The zero-order valence-corrected chi connectivity index (χ0v) is 23.5. The number of nitrogens with one attached hydrogen (secondary N) is 1. The van der Waals surface area contributed by atoms with E-state index in [4.69, 9.17) is 5.73 Å². The number of carbonyl (C=O) groups excluding carboxylic acids is 3. The molecule has 0 unspecified atom stereocenters. The third kappa shape index (κ3) is 11.8. The maximum Gasteiger partial charge on any atom is 0.319 e. The summed E-state index contributed by atoms with van der Waals surface area (Å²) in [6.45, 7) is 1.12. The van der Waals surface area contributed by atoms with Crippen molar-refractivity contribution in [3.05, 3.63) is 71.8 Å². The second kappa shape index (κ2) is 21.1. The van der Waals surface area contributed by atoms with Gasteiger partial charge < -0.3 is 25.3 Å². The summed E-state index contributed by atoms with van der Waals surface area (Å²) >= 11 is 0. The number of esters is 2. The molecule has 2 aromatic rings. The van der Waals surface area contributed by atoms with Crippen LogP contribution in [0, 0.1) is 0 Å². The van der Waals surface area contributed by atoms with Gasteiger partial charge in [0.15, 0.2) is 0 Å². The number of aldehydes is 1. The van der Waals surface area contributed by atoms with Crippen LogP contribution in [0.2, 0.25) is 0 Å². The molecule has 3 N–H and O–H groups in total. The molecule has 4 rings (SSSR count). The van der Waals surface area contributed by atoms with Crippen molar-refractivity contribution in [2.45, 2.75) is 77.0 Å². The van der Waals surface area contributed by atoms with Gasteiger partial charge in [-0.2, -0.15) is 0 Å². The van der Waals surface area contributed by atoms with Crippen molar-refractivity contribution in [1.29, 1.82) is 0 Å². The number of rotatable bonds is 8. The molecule has 8 heteroatoms. The number of ether oxygens (including phenoxy) is 2. The summed E-state index contributed by atoms with van der Waals surface area (Å²) in [4.78, 5) is 32.1. The molecule has 0 saturated heterocycles. The van der Waals surface area contributed by atoms with Crippen LogP contribution in [0.5, 0.6) is 0 Å². The Hall–Kier alpha value is -2.74. The summed E-state index contributed by atoms with van der Waals surface area (Å²) < 4.78 is 8.79. The van der Waals surface area contributed by atoms with Gasteiger partial charge in [-0.15, -0.1) is 12.4 Å². The Balaban J connectivity index is 0. The zero-order valence-electron chi connectivity index (χ0n) is 22.7. The van der Waals surface area contributed by atoms with Gasteiger partial charge in [-0.25, -0.2) is 0 Å². The second-order valence-electron chi connectivity index (χ2n) is 9.66. The van der Waals surface area contributed by atoms with Crippen LogP contribution < -0.4 is 11.1 Å². The van der Waals surface area contributed by atoms with Gasteiger partial charge in [-0.1, -0.05) is 101 Å². The molecule has 2 aliphatic carbocycles. The van der Waals surface area contributed by atoms with Gasteiger partial charge in [0.2, 0.25) is 0 Å². The third-order valence-electron chi connectivity index (χ3n) is 7.37. The predicted molar refractivity (Wildman–Crippen MR) is 166 cm³/mol. The Morgan fingerprint density at radius 2 is 1.25 bits per heavy atom. The topological polar surface area (TPSA) is 108 Å². The molecule has 0 bridgehead atoms. The van der Waals surface area contributed by atoms with E-state index in [1.807, 2.05) is 24.3 Å². The number of nitrogens with two attached hydrogens (primary N) is 1. The van der Waals surface area contributed by atoms with E-state index in [1.54, 1.807) is 0 Å². The molecule has 2 aromatic carbocycles. The highest BCUT2D eigenvalue weighted by atomic mass is 35.5. The van der Waals surface area contributed by atoms with Crippen molar-refractivity contribution in [2.75, 3.05) is 33.9 Å². The molecule has 0 aliphatic heterocycles. The molecule has 0 amide bonds. The lowest BCUT2D eigenvalue weighted by Crippen LogP contribution is -2.38. The average molecular weight is 579 g/mol. The van der Waals surface area contributed by atoms with E-state index >= 15 is 0 Å². The molecule has 2 saturated carbocycles. The lowest BCUT2D eigenvalue weighted by molar-refractivity contribution is -0.140. The van der Waals surface area contributed by atoms with Crippen LogP contribution in [0.15, 0.2) is 60.7 Å². The van der Waals surface area contributed by atoms with Crippen molar-refractivity contribution in [2.24, 2.45) is 5.73 Å². The SMILES string of the molecule is C.C.COC(=O)CN.COC(=O)CNCC1(c2ccccc2)CCCC1.Cl.O=CC1(c2ccccc2)CCCC1. The zero-order chi connectivity index (χ0) is 27.0. The summed E-state index contributed by atoms with van der Waals surface area (Å²) in [5.41, 5.74) is 7.45. The van der Waals surface area contributed by atoms with Crippen molar-refractivity contribution in [3.63, 3.8) is 0 Å². The average Bonchev–Trinajstić information content (AvgIpc) is 3.66. The number of benzene rings is 2. The highest BCUT2D eigenvalue weighted by molar-refractivity contribution is 5.85. The lowest BCUT2D eigenvalue weighted by atomic mass is 9.79. The van der Waals surface area contributed by atoms with Gasteiger partial charge in [-0.3, -0.25) is 9.59 Å². The molecule has 226 valence electrons. The van der Waals surface area contributed by atoms with E-state index in [-0.39, 0.29) is 56.6 Å². The first-order valence-electron chi connectivity index (χ1n) is 13.1. The Morgan fingerprint density at radius 3 is 1.65 bits per heavy atom. The standard InChI is InChI=1S/C15H21NO2.C12H14O.C3H7NO2.2CH4.ClH/c1-18-14(17)11-16-12-15(9-5-6-10-15)13-7-3-2-4-8-13;13-10-12(8-4-5-9-12)11-6-2-1-3-7-11;1-6-3(5)2-4;;;/h2-4,7-8,16H,5-6,9-12H2,1H3;1-3,6-7,10H,4-5,8-9H2;2,4H2,1H3;2*1H4;1H. The first kappa shape index (κ1) is 39.4. The van der Waals surface area contributed by atoms with Crippen molar-refractivity contribution in [3.8, 4) is 0 Å². The van der Waals surface area contributed by atoms with Crippen LogP contribution in [0.1, 0.15) is 77.3 Å². The second-order valence-corrected chi connectivity index (χ2v) is 9.66. The van der Waals surface area contributed by atoms with Crippen LogP contribution in [0.4, 0.5) is 0 Å². The van der Waals surface area contributed by atoms with E-state index in [0.29, 0.717) is 6.54 Å². The largest absolute Gasteiger partial charge is 0.468 e. The van der Waals surface area contributed by atoms with Gasteiger partial charge in [0.05, 0.1) is 32.7 Å². The van der Waals surface area contributed by atoms with Gasteiger partial charge >= 0.3 is 11.9 Å². The highest BCUT2D eigenvalue weighted by Crippen LogP contribution is 2.40. The minimum absolute atomic E-state index is 0. The van der Waals surface area contributed by atoms with Gasteiger partial charge in [0.25, 0.3) is 0 Å². The van der Waals surface area contributed by atoms with Crippen LogP contribution in [-0.4, -0.2) is 52.1 Å². The molecule has 0 spiro atoms. The minimum Gasteiger partial charge on any atom is -0.468 e. The first-order chi connectivity index (χ1) is 17.9. The Kier molecular flexibility index (Phi) is 20.8. The number of halogens is 1. The summed E-state index contributed by atoms with van der Waals surface area (Å²) in [6.07, 6.45) is 10.5. The summed E-state index contributed by atoms with van der Waals surface area (Å²) in [6, 6.07) is 20.8. The van der Waals surface area contributed by atoms with E-state index in [9.17, 15) is 14.4 Å². The summed E-state index contributed by atoms with van der Waals surface area (Å²) in [7, 11) is 2.72. The molecule has 40 heavy (non-hydrogen) atoms. The number of hydrogen-bond acceptors (Lipinski definition) is 7. The predicted octanol–water partition coefficient (Wildman–Crippen LogP) is 5.77. The quantitative estimate of drug-likeness (QED) is 0.302. The Morgan fingerprint density at radius 1 is 0.800 bits per heavy atom. The van der Waals surface area contributed by atoms with Crippen LogP contribution in [0.3, 0.4) is 0 Å². The fourth-order valence-electron chi connectivity index (χ4n) is 5.22. The van der Waals surface area contributed by atoms with Crippen LogP contribution in [0.25, 0.3) is 0 Å². The molecule has 2 fully saturated rings. The third-order valence-corrected chi connectivity index (χ3v) is 7.37. The lowest BCUT2D eigenvalue weighted by Gasteiger charge is -2.30. The van der Waals surface area contributed by atoms with E-state index < -0.39 is 0 Å². The normalized spacial score (nSPS) is 15.6.